The van der Waals surface area contributed by atoms with Crippen molar-refractivity contribution in [1.82, 2.24) is 24.3 Å². The Labute approximate surface area is 231 Å². The van der Waals surface area contributed by atoms with Gasteiger partial charge in [0.15, 0.2) is 5.65 Å². The van der Waals surface area contributed by atoms with Crippen molar-refractivity contribution >= 4 is 28.8 Å². The molecule has 0 aliphatic carbocycles. The van der Waals surface area contributed by atoms with Crippen LogP contribution in [0.15, 0.2) is 89.9 Å². The Morgan fingerprint density at radius 1 is 0.816 bits per heavy atom. The molecule has 192 valence electrons. The third-order valence-corrected chi connectivity index (χ3v) is 7.79. The Morgan fingerprint density at radius 2 is 1.45 bits per heavy atom. The molecule has 8 heteroatoms. The largest absolute Gasteiger partial charge is 0.367 e. The number of halogens is 2. The summed E-state index contributed by atoms with van der Waals surface area (Å²) in [5, 5.41) is 10.6. The molecule has 0 saturated carbocycles. The molecular formula is C30H27Cl2N5O. The predicted molar refractivity (Wildman–Crippen MR) is 153 cm³/mol. The van der Waals surface area contributed by atoms with E-state index in [4.69, 9.17) is 28.3 Å². The van der Waals surface area contributed by atoms with Crippen LogP contribution in [0, 0.1) is 5.92 Å². The van der Waals surface area contributed by atoms with Gasteiger partial charge in [-0.15, -0.1) is 5.10 Å². The lowest BCUT2D eigenvalue weighted by atomic mass is 9.96. The van der Waals surface area contributed by atoms with Crippen molar-refractivity contribution < 1.29 is 0 Å². The monoisotopic (exact) mass is 543 g/mol. The van der Waals surface area contributed by atoms with Crippen molar-refractivity contribution in [3.05, 3.63) is 111 Å². The summed E-state index contributed by atoms with van der Waals surface area (Å²) in [6, 6.07) is 25.8. The Bertz CT molecular complexity index is 1600. The van der Waals surface area contributed by atoms with Gasteiger partial charge in [-0.25, -0.2) is 9.48 Å². The zero-order valence-electron chi connectivity index (χ0n) is 20.8. The van der Waals surface area contributed by atoms with E-state index in [1.807, 2.05) is 54.6 Å². The fraction of sp³-hybridized carbons (Fsp3) is 0.233. The second-order valence-electron chi connectivity index (χ2n) is 9.85. The lowest BCUT2D eigenvalue weighted by molar-refractivity contribution is 0.164. The van der Waals surface area contributed by atoms with Crippen molar-refractivity contribution in [3.63, 3.8) is 0 Å². The van der Waals surface area contributed by atoms with E-state index in [-0.39, 0.29) is 5.69 Å². The maximum atomic E-state index is 13.4. The van der Waals surface area contributed by atoms with E-state index in [1.165, 1.54) is 10.1 Å². The average molecular weight is 544 g/mol. The summed E-state index contributed by atoms with van der Waals surface area (Å²) in [5.41, 5.74) is 5.23. The molecule has 38 heavy (non-hydrogen) atoms. The van der Waals surface area contributed by atoms with Crippen molar-refractivity contribution in [1.29, 1.82) is 0 Å². The zero-order valence-corrected chi connectivity index (χ0v) is 22.3. The second kappa shape index (κ2) is 10.7. The molecule has 3 aromatic carbocycles. The number of rotatable bonds is 6. The van der Waals surface area contributed by atoms with Crippen molar-refractivity contribution in [2.45, 2.75) is 25.9 Å². The molecule has 1 aliphatic heterocycles. The van der Waals surface area contributed by atoms with Gasteiger partial charge in [0.05, 0.1) is 6.20 Å². The number of fused-ring (bicyclic) bond motifs is 1. The van der Waals surface area contributed by atoms with Crippen LogP contribution in [0.25, 0.3) is 27.9 Å². The summed E-state index contributed by atoms with van der Waals surface area (Å²) in [5.74, 6) is 0.388. The van der Waals surface area contributed by atoms with Gasteiger partial charge in [0.1, 0.15) is 0 Å². The number of hydrogen-bond acceptors (Lipinski definition) is 4. The van der Waals surface area contributed by atoms with Crippen LogP contribution < -0.4 is 5.69 Å². The first-order chi connectivity index (χ1) is 18.5. The average Bonchev–Trinajstić information content (AvgIpc) is 3.26. The molecular weight excluding hydrogens is 517 g/mol. The summed E-state index contributed by atoms with van der Waals surface area (Å²) in [7, 11) is 0. The Kier molecular flexibility index (Phi) is 7.02. The van der Waals surface area contributed by atoms with Gasteiger partial charge in [-0.05, 0) is 72.8 Å². The van der Waals surface area contributed by atoms with Gasteiger partial charge in [-0.1, -0.05) is 77.8 Å². The highest BCUT2D eigenvalue weighted by Gasteiger charge is 2.23. The van der Waals surface area contributed by atoms with Gasteiger partial charge >= 0.3 is 5.69 Å². The highest BCUT2D eigenvalue weighted by Crippen LogP contribution is 2.35. The van der Waals surface area contributed by atoms with Gasteiger partial charge in [0.25, 0.3) is 0 Å². The van der Waals surface area contributed by atoms with E-state index in [2.05, 4.69) is 34.3 Å². The lowest BCUT2D eigenvalue weighted by Crippen LogP contribution is -2.36. The standard InChI is InChI=1S/C30H27Cl2N5O/c31-25-10-6-23(7-11-25)27-18-33-37-29(28(27)24-8-12-26(32)13-9-24)34-36(30(37)38)20-22-14-16-35(17-15-22)19-21-4-2-1-3-5-21/h1-13,18,22H,14-17,19-20H2. The Balaban J connectivity index is 1.31. The number of aromatic nitrogens is 4. The van der Waals surface area contributed by atoms with Crippen LogP contribution in [0.1, 0.15) is 18.4 Å². The predicted octanol–water partition coefficient (Wildman–Crippen LogP) is 6.44. The van der Waals surface area contributed by atoms with E-state index in [0.717, 1.165) is 54.7 Å². The van der Waals surface area contributed by atoms with Crippen LogP contribution in [0.3, 0.4) is 0 Å². The molecule has 6 nitrogen and oxygen atoms in total. The maximum absolute atomic E-state index is 13.4. The van der Waals surface area contributed by atoms with Gasteiger partial charge in [-0.2, -0.15) is 9.61 Å². The summed E-state index contributed by atoms with van der Waals surface area (Å²) >= 11 is 12.3. The minimum atomic E-state index is -0.218. The first-order valence-corrected chi connectivity index (χ1v) is 13.6. The van der Waals surface area contributed by atoms with E-state index in [1.54, 1.807) is 10.9 Å². The fourth-order valence-electron chi connectivity index (χ4n) is 5.24. The molecule has 2 aromatic heterocycles. The molecule has 0 spiro atoms. The third kappa shape index (κ3) is 5.12. The highest BCUT2D eigenvalue weighted by molar-refractivity contribution is 6.31. The van der Waals surface area contributed by atoms with Crippen LogP contribution in [-0.4, -0.2) is 37.4 Å². The summed E-state index contributed by atoms with van der Waals surface area (Å²) in [6.07, 6.45) is 3.79. The molecule has 6 rings (SSSR count). The van der Waals surface area contributed by atoms with Gasteiger partial charge in [-0.3, -0.25) is 4.90 Å². The minimum absolute atomic E-state index is 0.218. The van der Waals surface area contributed by atoms with Crippen molar-refractivity contribution in [2.24, 2.45) is 5.92 Å². The molecule has 0 bridgehead atoms. The molecule has 0 N–H and O–H groups in total. The topological polar surface area (TPSA) is 55.4 Å². The molecule has 0 amide bonds. The molecule has 0 radical (unpaired) electrons. The number of likely N-dealkylation sites (tertiary alicyclic amines) is 1. The van der Waals surface area contributed by atoms with E-state index < -0.39 is 0 Å². The Morgan fingerprint density at radius 3 is 2.11 bits per heavy atom. The first-order valence-electron chi connectivity index (χ1n) is 12.8. The van der Waals surface area contributed by atoms with Crippen molar-refractivity contribution in [2.75, 3.05) is 13.1 Å². The van der Waals surface area contributed by atoms with Crippen LogP contribution in [0.2, 0.25) is 10.0 Å². The third-order valence-electron chi connectivity index (χ3n) is 7.29. The number of hydrogen-bond donors (Lipinski definition) is 0. The minimum Gasteiger partial charge on any atom is -0.299 e. The second-order valence-corrected chi connectivity index (χ2v) is 10.7. The first kappa shape index (κ1) is 24.9. The van der Waals surface area contributed by atoms with Crippen LogP contribution in [-0.2, 0) is 13.1 Å². The van der Waals surface area contributed by atoms with Gasteiger partial charge in [0, 0.05) is 34.3 Å². The van der Waals surface area contributed by atoms with E-state index in [9.17, 15) is 4.79 Å². The normalized spacial score (nSPS) is 14.8. The smallest absolute Gasteiger partial charge is 0.299 e. The molecule has 1 fully saturated rings. The molecule has 3 heterocycles. The Hall–Kier alpha value is -3.45. The lowest BCUT2D eigenvalue weighted by Gasteiger charge is -2.31. The van der Waals surface area contributed by atoms with Crippen LogP contribution in [0.4, 0.5) is 0 Å². The number of benzene rings is 3. The molecule has 0 atom stereocenters. The summed E-state index contributed by atoms with van der Waals surface area (Å²) in [4.78, 5) is 15.9. The molecule has 1 saturated heterocycles. The molecule has 0 unspecified atom stereocenters. The summed E-state index contributed by atoms with van der Waals surface area (Å²) in [6.45, 7) is 3.56. The number of nitrogens with zero attached hydrogens (tertiary/aromatic N) is 5. The maximum Gasteiger partial charge on any atom is 0.367 e. The van der Waals surface area contributed by atoms with Crippen molar-refractivity contribution in [3.8, 4) is 22.3 Å². The van der Waals surface area contributed by atoms with Crippen LogP contribution in [0.5, 0.6) is 0 Å². The molecule has 5 aromatic rings. The molecule has 1 aliphatic rings. The van der Waals surface area contributed by atoms with Gasteiger partial charge in [0.2, 0.25) is 0 Å². The number of piperidine rings is 1. The fourth-order valence-corrected chi connectivity index (χ4v) is 5.49. The quantitative estimate of drug-likeness (QED) is 0.247. The van der Waals surface area contributed by atoms with Crippen LogP contribution >= 0.6 is 23.2 Å². The SMILES string of the molecule is O=c1n(CC2CCN(Cc3ccccc3)CC2)nc2c(-c3ccc(Cl)cc3)c(-c3ccc(Cl)cc3)cnn12. The highest BCUT2D eigenvalue weighted by atomic mass is 35.5. The zero-order chi connectivity index (χ0) is 26.1. The van der Waals surface area contributed by atoms with E-state index in [0.29, 0.717) is 28.2 Å². The summed E-state index contributed by atoms with van der Waals surface area (Å²) < 4.78 is 3.00. The van der Waals surface area contributed by atoms with Gasteiger partial charge < -0.3 is 0 Å². The van der Waals surface area contributed by atoms with E-state index >= 15 is 0 Å².